The Morgan fingerprint density at radius 3 is 2.79 bits per heavy atom. The number of benzene rings is 1. The molecule has 0 radical (unpaired) electrons. The van der Waals surface area contributed by atoms with Gasteiger partial charge in [0.1, 0.15) is 0 Å². The highest BCUT2D eigenvalue weighted by atomic mass is 16.4. The number of carboxylic acids is 1. The van der Waals surface area contributed by atoms with Crippen molar-refractivity contribution in [3.63, 3.8) is 0 Å². The summed E-state index contributed by atoms with van der Waals surface area (Å²) in [6.07, 6.45) is 2.30. The number of carbonyl (C=O) groups is 1. The molecule has 0 saturated carbocycles. The first kappa shape index (κ1) is 12.3. The number of aromatic nitrogens is 1. The second-order valence-electron chi connectivity index (χ2n) is 5.67. The zero-order chi connectivity index (χ0) is 13.7. The Balaban J connectivity index is 2.24. The lowest BCUT2D eigenvalue weighted by Gasteiger charge is -2.20. The summed E-state index contributed by atoms with van der Waals surface area (Å²) in [6.45, 7) is 4.28. The van der Waals surface area contributed by atoms with Gasteiger partial charge in [0.25, 0.3) is 0 Å². The van der Waals surface area contributed by atoms with E-state index in [0.29, 0.717) is 6.42 Å². The van der Waals surface area contributed by atoms with E-state index in [9.17, 15) is 9.90 Å². The fourth-order valence-corrected chi connectivity index (χ4v) is 3.37. The summed E-state index contributed by atoms with van der Waals surface area (Å²) >= 11 is 0. The minimum Gasteiger partial charge on any atom is -0.481 e. The third kappa shape index (κ3) is 1.68. The molecule has 19 heavy (non-hydrogen) atoms. The van der Waals surface area contributed by atoms with Gasteiger partial charge in [0.15, 0.2) is 0 Å². The summed E-state index contributed by atoms with van der Waals surface area (Å²) in [7, 11) is 2.07. The van der Waals surface area contributed by atoms with Gasteiger partial charge in [0.2, 0.25) is 0 Å². The molecule has 1 aliphatic rings. The molecule has 1 N–H and O–H groups in total. The average Bonchev–Trinajstić information content (AvgIpc) is 2.67. The van der Waals surface area contributed by atoms with E-state index in [2.05, 4.69) is 37.6 Å². The lowest BCUT2D eigenvalue weighted by molar-refractivity contribution is -0.142. The van der Waals surface area contributed by atoms with E-state index in [1.165, 1.54) is 33.3 Å². The lowest BCUT2D eigenvalue weighted by atomic mass is 9.86. The maximum atomic E-state index is 11.2. The van der Waals surface area contributed by atoms with Gasteiger partial charge in [0, 0.05) is 24.5 Å². The topological polar surface area (TPSA) is 42.2 Å². The Morgan fingerprint density at radius 1 is 1.37 bits per heavy atom. The molecule has 100 valence electrons. The van der Waals surface area contributed by atoms with Gasteiger partial charge in [-0.25, -0.2) is 0 Å². The molecular formula is C16H19NO2. The zero-order valence-electron chi connectivity index (χ0n) is 11.7. The molecule has 0 fully saturated rings. The second-order valence-corrected chi connectivity index (χ2v) is 5.67. The molecule has 0 aliphatic heterocycles. The number of aliphatic carboxylic acids is 1. The van der Waals surface area contributed by atoms with Crippen LogP contribution in [0, 0.1) is 19.8 Å². The van der Waals surface area contributed by atoms with Crippen LogP contribution < -0.4 is 0 Å². The number of aryl methyl sites for hydroxylation is 4. The number of carboxylic acid groups (broad SMARTS) is 1. The molecule has 1 heterocycles. The smallest absolute Gasteiger partial charge is 0.306 e. The van der Waals surface area contributed by atoms with Crippen LogP contribution in [0.3, 0.4) is 0 Å². The standard InChI is InChI=1S/C16H19NO2/c1-9-4-6-13-12-7-5-11(16(18)19)8-14(12)17(3)15(13)10(9)2/h4,6,11H,5,7-8H2,1-3H3,(H,18,19). The molecule has 1 aromatic heterocycles. The first-order valence-corrected chi connectivity index (χ1v) is 6.80. The quantitative estimate of drug-likeness (QED) is 0.853. The normalized spacial score (nSPS) is 18.6. The molecule has 1 atom stereocenters. The maximum absolute atomic E-state index is 11.2. The summed E-state index contributed by atoms with van der Waals surface area (Å²) < 4.78 is 2.21. The van der Waals surface area contributed by atoms with Gasteiger partial charge in [-0.2, -0.15) is 0 Å². The average molecular weight is 257 g/mol. The van der Waals surface area contributed by atoms with Crippen LogP contribution in [0.5, 0.6) is 0 Å². The summed E-state index contributed by atoms with van der Waals surface area (Å²) in [5.74, 6) is -0.888. The van der Waals surface area contributed by atoms with Crippen LogP contribution in [0.4, 0.5) is 0 Å². The minimum absolute atomic E-state index is 0.225. The van der Waals surface area contributed by atoms with Crippen molar-refractivity contribution in [2.24, 2.45) is 13.0 Å². The first-order chi connectivity index (χ1) is 9.00. The van der Waals surface area contributed by atoms with Crippen LogP contribution in [0.15, 0.2) is 12.1 Å². The van der Waals surface area contributed by atoms with E-state index in [0.717, 1.165) is 12.8 Å². The highest BCUT2D eigenvalue weighted by Gasteiger charge is 2.28. The van der Waals surface area contributed by atoms with Gasteiger partial charge in [-0.05, 0) is 43.4 Å². The van der Waals surface area contributed by atoms with E-state index in [1.807, 2.05) is 0 Å². The molecule has 1 unspecified atom stereocenters. The van der Waals surface area contributed by atoms with Gasteiger partial charge >= 0.3 is 5.97 Å². The van der Waals surface area contributed by atoms with E-state index in [1.54, 1.807) is 0 Å². The minimum atomic E-state index is -0.663. The van der Waals surface area contributed by atoms with Crippen LogP contribution in [-0.2, 0) is 24.7 Å². The fraction of sp³-hybridized carbons (Fsp3) is 0.438. The van der Waals surface area contributed by atoms with E-state index in [-0.39, 0.29) is 5.92 Å². The van der Waals surface area contributed by atoms with Crippen molar-refractivity contribution < 1.29 is 9.90 Å². The van der Waals surface area contributed by atoms with Crippen LogP contribution >= 0.6 is 0 Å². The largest absolute Gasteiger partial charge is 0.481 e. The molecular weight excluding hydrogens is 238 g/mol. The summed E-state index contributed by atoms with van der Waals surface area (Å²) in [6, 6.07) is 4.36. The van der Waals surface area contributed by atoms with Gasteiger partial charge in [-0.1, -0.05) is 12.1 Å². The van der Waals surface area contributed by atoms with Crippen LogP contribution in [0.25, 0.3) is 10.9 Å². The molecule has 1 aliphatic carbocycles. The highest BCUT2D eigenvalue weighted by molar-refractivity contribution is 5.89. The van der Waals surface area contributed by atoms with Crippen LogP contribution in [-0.4, -0.2) is 15.6 Å². The molecule has 3 rings (SSSR count). The van der Waals surface area contributed by atoms with Crippen molar-refractivity contribution in [3.8, 4) is 0 Å². The van der Waals surface area contributed by atoms with E-state index in [4.69, 9.17) is 0 Å². The molecule has 1 aromatic carbocycles. The first-order valence-electron chi connectivity index (χ1n) is 6.80. The van der Waals surface area contributed by atoms with E-state index >= 15 is 0 Å². The molecule has 0 amide bonds. The monoisotopic (exact) mass is 257 g/mol. The predicted octanol–water partition coefficient (Wildman–Crippen LogP) is 2.98. The highest BCUT2D eigenvalue weighted by Crippen LogP contribution is 2.35. The number of rotatable bonds is 1. The predicted molar refractivity (Wildman–Crippen MR) is 75.5 cm³/mol. The van der Waals surface area contributed by atoms with Crippen molar-refractivity contribution in [2.75, 3.05) is 0 Å². The maximum Gasteiger partial charge on any atom is 0.306 e. The van der Waals surface area contributed by atoms with Gasteiger partial charge < -0.3 is 9.67 Å². The number of fused-ring (bicyclic) bond motifs is 3. The summed E-state index contributed by atoms with van der Waals surface area (Å²) in [4.78, 5) is 11.2. The molecule has 3 nitrogen and oxygen atoms in total. The Labute approximate surface area is 112 Å². The zero-order valence-corrected chi connectivity index (χ0v) is 11.7. The third-order valence-corrected chi connectivity index (χ3v) is 4.65. The van der Waals surface area contributed by atoms with Crippen molar-refractivity contribution >= 4 is 16.9 Å². The third-order valence-electron chi connectivity index (χ3n) is 4.65. The Morgan fingerprint density at radius 2 is 2.11 bits per heavy atom. The summed E-state index contributed by atoms with van der Waals surface area (Å²) in [5, 5.41) is 10.5. The van der Waals surface area contributed by atoms with Crippen molar-refractivity contribution in [3.05, 3.63) is 34.5 Å². The Kier molecular flexibility index (Phi) is 2.66. The van der Waals surface area contributed by atoms with Crippen molar-refractivity contribution in [1.29, 1.82) is 0 Å². The van der Waals surface area contributed by atoms with Crippen molar-refractivity contribution in [2.45, 2.75) is 33.1 Å². The van der Waals surface area contributed by atoms with Crippen LogP contribution in [0.1, 0.15) is 28.8 Å². The molecule has 2 aromatic rings. The molecule has 0 spiro atoms. The Bertz CT molecular complexity index is 682. The fourth-order valence-electron chi connectivity index (χ4n) is 3.37. The molecule has 0 bridgehead atoms. The number of hydrogen-bond donors (Lipinski definition) is 1. The molecule has 3 heteroatoms. The van der Waals surface area contributed by atoms with Crippen LogP contribution in [0.2, 0.25) is 0 Å². The number of nitrogens with zero attached hydrogens (tertiary/aromatic N) is 1. The lowest BCUT2D eigenvalue weighted by Crippen LogP contribution is -2.23. The second kappa shape index (κ2) is 4.12. The van der Waals surface area contributed by atoms with Gasteiger partial charge in [-0.3, -0.25) is 4.79 Å². The van der Waals surface area contributed by atoms with Gasteiger partial charge in [0.05, 0.1) is 11.4 Å². The SMILES string of the molecule is Cc1ccc2c3c(n(C)c2c1C)CC(C(=O)O)CC3. The Hall–Kier alpha value is -1.77. The number of hydrogen-bond acceptors (Lipinski definition) is 1. The van der Waals surface area contributed by atoms with Gasteiger partial charge in [-0.15, -0.1) is 0 Å². The molecule has 0 saturated heterocycles. The van der Waals surface area contributed by atoms with Crippen molar-refractivity contribution in [1.82, 2.24) is 4.57 Å². The van der Waals surface area contributed by atoms with E-state index < -0.39 is 5.97 Å². The summed E-state index contributed by atoms with van der Waals surface area (Å²) in [5.41, 5.74) is 6.44.